The van der Waals surface area contributed by atoms with Crippen molar-refractivity contribution in [3.8, 4) is 0 Å². The van der Waals surface area contributed by atoms with Crippen LogP contribution in [0.4, 0.5) is 4.39 Å². The Morgan fingerprint density at radius 1 is 1.36 bits per heavy atom. The van der Waals surface area contributed by atoms with Crippen molar-refractivity contribution in [1.29, 1.82) is 0 Å². The molecule has 1 N–H and O–H groups in total. The third kappa shape index (κ3) is 4.04. The lowest BCUT2D eigenvalue weighted by Crippen LogP contribution is -2.42. The Hall–Kier alpha value is -2.28. The van der Waals surface area contributed by atoms with Crippen LogP contribution in [-0.4, -0.2) is 40.0 Å². The number of carbonyl (C=O) groups excluding carboxylic acids is 1. The molecule has 1 aromatic carbocycles. The molecule has 1 atom stereocenters. The summed E-state index contributed by atoms with van der Waals surface area (Å²) in [5.41, 5.74) is 1.59. The number of carbonyl (C=O) groups is 2. The van der Waals surface area contributed by atoms with E-state index in [4.69, 9.17) is 0 Å². The monoisotopic (exact) mass is 362 g/mol. The molecule has 132 valence electrons. The van der Waals surface area contributed by atoms with Crippen molar-refractivity contribution < 1.29 is 19.1 Å². The molecule has 1 aliphatic heterocycles. The van der Waals surface area contributed by atoms with Crippen LogP contribution in [0.3, 0.4) is 0 Å². The summed E-state index contributed by atoms with van der Waals surface area (Å²) in [6.07, 6.45) is 1.84. The van der Waals surface area contributed by atoms with Crippen molar-refractivity contribution >= 4 is 23.2 Å². The number of nitrogens with zero attached hydrogens (tertiary/aromatic N) is 2. The minimum Gasteiger partial charge on any atom is -0.481 e. The maximum absolute atomic E-state index is 13.0. The van der Waals surface area contributed by atoms with Crippen LogP contribution in [0.1, 0.15) is 38.8 Å². The Labute approximate surface area is 149 Å². The molecular formula is C18H19FN2O3S. The fourth-order valence-corrected chi connectivity index (χ4v) is 4.08. The number of thiazole rings is 1. The third-order valence-electron chi connectivity index (χ3n) is 4.36. The molecule has 1 saturated heterocycles. The first-order valence-corrected chi connectivity index (χ1v) is 8.98. The molecule has 1 aromatic heterocycles. The van der Waals surface area contributed by atoms with Gasteiger partial charge in [-0.15, -0.1) is 11.3 Å². The Kier molecular flexibility index (Phi) is 5.13. The van der Waals surface area contributed by atoms with E-state index < -0.39 is 11.9 Å². The van der Waals surface area contributed by atoms with E-state index in [2.05, 4.69) is 4.98 Å². The first kappa shape index (κ1) is 17.5. The number of amides is 1. The van der Waals surface area contributed by atoms with E-state index in [-0.39, 0.29) is 18.3 Å². The molecule has 0 bridgehead atoms. The van der Waals surface area contributed by atoms with Gasteiger partial charge in [0.1, 0.15) is 10.7 Å². The van der Waals surface area contributed by atoms with Crippen molar-refractivity contribution in [2.75, 3.05) is 13.1 Å². The van der Waals surface area contributed by atoms with Crippen LogP contribution in [0.25, 0.3) is 0 Å². The van der Waals surface area contributed by atoms with Crippen LogP contribution < -0.4 is 0 Å². The summed E-state index contributed by atoms with van der Waals surface area (Å²) < 4.78 is 13.0. The number of benzene rings is 1. The molecule has 0 unspecified atom stereocenters. The van der Waals surface area contributed by atoms with Gasteiger partial charge in [0, 0.05) is 19.5 Å². The van der Waals surface area contributed by atoms with E-state index in [9.17, 15) is 19.1 Å². The molecule has 2 heterocycles. The van der Waals surface area contributed by atoms with Crippen molar-refractivity contribution in [2.24, 2.45) is 5.92 Å². The fourth-order valence-electron chi connectivity index (χ4n) is 3.01. The predicted molar refractivity (Wildman–Crippen MR) is 92.3 cm³/mol. The minimum absolute atomic E-state index is 0.147. The summed E-state index contributed by atoms with van der Waals surface area (Å²) >= 11 is 1.33. The number of piperidine rings is 1. The van der Waals surface area contributed by atoms with Crippen LogP contribution in [-0.2, 0) is 11.2 Å². The van der Waals surface area contributed by atoms with Gasteiger partial charge in [0.05, 0.1) is 16.6 Å². The molecule has 1 aliphatic rings. The topological polar surface area (TPSA) is 70.5 Å². The van der Waals surface area contributed by atoms with Crippen LogP contribution in [0.2, 0.25) is 0 Å². The second-order valence-corrected chi connectivity index (χ2v) is 7.34. The van der Waals surface area contributed by atoms with Gasteiger partial charge in [-0.3, -0.25) is 9.59 Å². The number of carboxylic acids is 1. The largest absolute Gasteiger partial charge is 0.481 e. The first-order valence-electron chi connectivity index (χ1n) is 8.17. The molecule has 7 heteroatoms. The molecule has 0 spiro atoms. The number of aryl methyl sites for hydroxylation is 1. The number of aliphatic carboxylic acids is 1. The predicted octanol–water partition coefficient (Wildman–Crippen LogP) is 3.12. The number of carboxylic acid groups (broad SMARTS) is 1. The summed E-state index contributed by atoms with van der Waals surface area (Å²) in [5.74, 6) is -1.78. The van der Waals surface area contributed by atoms with Crippen LogP contribution in [0.5, 0.6) is 0 Å². The lowest BCUT2D eigenvalue weighted by molar-refractivity contribution is -0.143. The van der Waals surface area contributed by atoms with Crippen LogP contribution >= 0.6 is 11.3 Å². The van der Waals surface area contributed by atoms with Gasteiger partial charge >= 0.3 is 5.97 Å². The fraction of sp³-hybridized carbons (Fsp3) is 0.389. The zero-order chi connectivity index (χ0) is 18.0. The van der Waals surface area contributed by atoms with Gasteiger partial charge in [0.2, 0.25) is 0 Å². The zero-order valence-electron chi connectivity index (χ0n) is 13.9. The Balaban J connectivity index is 1.74. The molecule has 2 aromatic rings. The van der Waals surface area contributed by atoms with Gasteiger partial charge in [-0.05, 0) is 37.5 Å². The first-order chi connectivity index (χ1) is 11.9. The number of likely N-dealkylation sites (tertiary alicyclic amines) is 1. The summed E-state index contributed by atoms with van der Waals surface area (Å²) in [4.78, 5) is 30.6. The number of hydrogen-bond acceptors (Lipinski definition) is 4. The maximum atomic E-state index is 13.0. The van der Waals surface area contributed by atoms with E-state index in [1.807, 2.05) is 0 Å². The molecule has 3 rings (SSSR count). The van der Waals surface area contributed by atoms with Gasteiger partial charge in [-0.2, -0.15) is 0 Å². The van der Waals surface area contributed by atoms with E-state index in [1.54, 1.807) is 24.0 Å². The zero-order valence-corrected chi connectivity index (χ0v) is 14.7. The minimum atomic E-state index is -0.851. The van der Waals surface area contributed by atoms with E-state index in [1.165, 1.54) is 23.5 Å². The molecule has 1 fully saturated rings. The molecular weight excluding hydrogens is 343 g/mol. The van der Waals surface area contributed by atoms with E-state index in [0.717, 1.165) is 10.6 Å². The molecule has 0 radical (unpaired) electrons. The van der Waals surface area contributed by atoms with Gasteiger partial charge in [0.25, 0.3) is 5.91 Å². The molecule has 25 heavy (non-hydrogen) atoms. The normalized spacial score (nSPS) is 17.5. The smallest absolute Gasteiger partial charge is 0.308 e. The van der Waals surface area contributed by atoms with E-state index >= 15 is 0 Å². The summed E-state index contributed by atoms with van der Waals surface area (Å²) in [6.45, 7) is 2.61. The van der Waals surface area contributed by atoms with E-state index in [0.29, 0.717) is 36.4 Å². The molecule has 1 amide bonds. The highest BCUT2D eigenvalue weighted by atomic mass is 32.1. The summed E-state index contributed by atoms with van der Waals surface area (Å²) in [6, 6.07) is 6.22. The quantitative estimate of drug-likeness (QED) is 0.907. The number of halogens is 1. The van der Waals surface area contributed by atoms with Crippen LogP contribution in [0.15, 0.2) is 24.3 Å². The number of rotatable bonds is 4. The second kappa shape index (κ2) is 7.31. The second-order valence-electron chi connectivity index (χ2n) is 6.25. The summed E-state index contributed by atoms with van der Waals surface area (Å²) in [7, 11) is 0. The number of aromatic nitrogens is 1. The Bertz CT molecular complexity index is 788. The highest BCUT2D eigenvalue weighted by Gasteiger charge is 2.30. The Morgan fingerprint density at radius 2 is 2.08 bits per heavy atom. The molecule has 5 nitrogen and oxygen atoms in total. The van der Waals surface area contributed by atoms with Crippen molar-refractivity contribution in [2.45, 2.75) is 26.2 Å². The lowest BCUT2D eigenvalue weighted by atomic mass is 9.98. The average Bonchev–Trinajstić information content (AvgIpc) is 2.96. The van der Waals surface area contributed by atoms with Crippen molar-refractivity contribution in [3.63, 3.8) is 0 Å². The molecule has 0 aliphatic carbocycles. The average molecular weight is 362 g/mol. The van der Waals surface area contributed by atoms with Crippen molar-refractivity contribution in [3.05, 3.63) is 51.2 Å². The SMILES string of the molecule is Cc1nc(Cc2ccc(F)cc2)sc1C(=O)N1CCC[C@H](C(=O)O)C1. The van der Waals surface area contributed by atoms with Gasteiger partial charge in [0.15, 0.2) is 0 Å². The maximum Gasteiger partial charge on any atom is 0.308 e. The third-order valence-corrected chi connectivity index (χ3v) is 5.51. The van der Waals surface area contributed by atoms with Crippen molar-refractivity contribution in [1.82, 2.24) is 9.88 Å². The van der Waals surface area contributed by atoms with Gasteiger partial charge in [-0.1, -0.05) is 12.1 Å². The summed E-state index contributed by atoms with van der Waals surface area (Å²) in [5, 5.41) is 9.97. The highest BCUT2D eigenvalue weighted by molar-refractivity contribution is 7.13. The highest BCUT2D eigenvalue weighted by Crippen LogP contribution is 2.25. The molecule has 0 saturated carbocycles. The Morgan fingerprint density at radius 3 is 2.76 bits per heavy atom. The standard InChI is InChI=1S/C18H19FN2O3S/c1-11-16(17(22)21-8-2-3-13(10-21)18(23)24)25-15(20-11)9-12-4-6-14(19)7-5-12/h4-7,13H,2-3,8-10H2,1H3,(H,23,24)/t13-/m0/s1. The lowest BCUT2D eigenvalue weighted by Gasteiger charge is -2.30. The van der Waals surface area contributed by atoms with Crippen LogP contribution in [0, 0.1) is 18.7 Å². The number of hydrogen-bond donors (Lipinski definition) is 1. The van der Waals surface area contributed by atoms with Gasteiger partial charge < -0.3 is 10.0 Å². The van der Waals surface area contributed by atoms with Gasteiger partial charge in [-0.25, -0.2) is 9.37 Å².